The third kappa shape index (κ3) is 3.89. The molecule has 7 heteroatoms. The molecule has 0 fully saturated rings. The first kappa shape index (κ1) is 20.1. The van der Waals surface area contributed by atoms with Crippen molar-refractivity contribution < 1.29 is 4.39 Å². The molecule has 5 aromatic rings. The fourth-order valence-electron chi connectivity index (χ4n) is 4.03. The fourth-order valence-corrected chi connectivity index (χ4v) is 4.03. The highest BCUT2D eigenvalue weighted by atomic mass is 19.1. The molecule has 0 atom stereocenters. The van der Waals surface area contributed by atoms with Crippen LogP contribution in [0.5, 0.6) is 0 Å². The number of nitrogens with zero attached hydrogens (tertiary/aromatic N) is 5. The lowest BCUT2D eigenvalue weighted by Crippen LogP contribution is -2.05. The molecule has 6 nitrogen and oxygen atoms in total. The largest absolute Gasteiger partial charge is 0.323 e. The van der Waals surface area contributed by atoms with Crippen molar-refractivity contribution in [2.75, 3.05) is 0 Å². The lowest BCUT2D eigenvalue weighted by Gasteiger charge is -2.11. The molecule has 2 heterocycles. The normalized spacial score (nSPS) is 11.3. The summed E-state index contributed by atoms with van der Waals surface area (Å²) >= 11 is 0. The average Bonchev–Trinajstić information content (AvgIpc) is 3.47. The quantitative estimate of drug-likeness (QED) is 0.377. The molecule has 2 aromatic heterocycles. The van der Waals surface area contributed by atoms with Crippen molar-refractivity contribution in [1.29, 1.82) is 0 Å². The van der Waals surface area contributed by atoms with Gasteiger partial charge in [-0.15, -0.1) is 10.2 Å². The Hall–Kier alpha value is -3.87. The predicted octanol–water partition coefficient (Wildman–Crippen LogP) is 5.41. The number of rotatable bonds is 7. The molecule has 0 spiro atoms. The highest BCUT2D eigenvalue weighted by Gasteiger charge is 2.13. The second-order valence-corrected chi connectivity index (χ2v) is 7.83. The van der Waals surface area contributed by atoms with Crippen molar-refractivity contribution >= 4 is 11.0 Å². The summed E-state index contributed by atoms with van der Waals surface area (Å²) in [7, 11) is 0. The number of halogens is 1. The summed E-state index contributed by atoms with van der Waals surface area (Å²) in [6.45, 7) is 2.81. The summed E-state index contributed by atoms with van der Waals surface area (Å²) in [6, 6.07) is 21.2. The van der Waals surface area contributed by atoms with E-state index in [0.29, 0.717) is 12.4 Å². The van der Waals surface area contributed by atoms with Gasteiger partial charge in [0.1, 0.15) is 11.6 Å². The van der Waals surface area contributed by atoms with Gasteiger partial charge in [0.2, 0.25) is 5.82 Å². The number of aromatic nitrogens is 6. The van der Waals surface area contributed by atoms with Gasteiger partial charge in [-0.2, -0.15) is 5.21 Å². The Morgan fingerprint density at radius 3 is 2.53 bits per heavy atom. The SMILES string of the molecule is CCCCc1nc2ccc(F)cc2n1Cc1ccc(-c2ccccc2-c2nn[nH]n2)cc1. The number of nitrogens with one attached hydrogen (secondary N) is 1. The maximum absolute atomic E-state index is 14.0. The maximum atomic E-state index is 14.0. The Balaban J connectivity index is 1.48. The molecule has 32 heavy (non-hydrogen) atoms. The number of aromatic amines is 1. The highest BCUT2D eigenvalue weighted by molar-refractivity contribution is 5.80. The summed E-state index contributed by atoms with van der Waals surface area (Å²) < 4.78 is 16.1. The van der Waals surface area contributed by atoms with E-state index in [2.05, 4.69) is 62.4 Å². The third-order valence-electron chi connectivity index (χ3n) is 5.66. The monoisotopic (exact) mass is 426 g/mol. The highest BCUT2D eigenvalue weighted by Crippen LogP contribution is 2.30. The molecular formula is C25H23FN6. The minimum atomic E-state index is -0.242. The molecule has 3 aromatic carbocycles. The van der Waals surface area contributed by atoms with Crippen molar-refractivity contribution in [2.45, 2.75) is 32.7 Å². The van der Waals surface area contributed by atoms with Crippen molar-refractivity contribution in [2.24, 2.45) is 0 Å². The Morgan fingerprint density at radius 1 is 0.969 bits per heavy atom. The van der Waals surface area contributed by atoms with E-state index in [1.807, 2.05) is 18.2 Å². The predicted molar refractivity (Wildman–Crippen MR) is 122 cm³/mol. The maximum Gasteiger partial charge on any atom is 0.205 e. The Morgan fingerprint density at radius 2 is 1.78 bits per heavy atom. The van der Waals surface area contributed by atoms with Gasteiger partial charge in [0.05, 0.1) is 11.0 Å². The van der Waals surface area contributed by atoms with Gasteiger partial charge in [0, 0.05) is 18.5 Å². The van der Waals surface area contributed by atoms with E-state index in [9.17, 15) is 4.39 Å². The van der Waals surface area contributed by atoms with Crippen LogP contribution in [0, 0.1) is 5.82 Å². The van der Waals surface area contributed by atoms with E-state index < -0.39 is 0 Å². The lowest BCUT2D eigenvalue weighted by atomic mass is 9.98. The summed E-state index contributed by atoms with van der Waals surface area (Å²) in [6.07, 6.45) is 3.02. The van der Waals surface area contributed by atoms with Crippen molar-refractivity contribution in [1.82, 2.24) is 30.2 Å². The molecule has 5 rings (SSSR count). The number of imidazole rings is 1. The molecule has 0 unspecified atom stereocenters. The summed E-state index contributed by atoms with van der Waals surface area (Å²) in [5.41, 5.74) is 5.84. The first-order valence-electron chi connectivity index (χ1n) is 10.8. The third-order valence-corrected chi connectivity index (χ3v) is 5.66. The van der Waals surface area contributed by atoms with Gasteiger partial charge >= 0.3 is 0 Å². The first-order valence-corrected chi connectivity index (χ1v) is 10.8. The van der Waals surface area contributed by atoms with E-state index >= 15 is 0 Å². The zero-order chi connectivity index (χ0) is 21.9. The van der Waals surface area contributed by atoms with Crippen LogP contribution in [-0.2, 0) is 13.0 Å². The topological polar surface area (TPSA) is 72.3 Å². The van der Waals surface area contributed by atoms with Gasteiger partial charge in [-0.3, -0.25) is 0 Å². The zero-order valence-electron chi connectivity index (χ0n) is 17.8. The fraction of sp³-hybridized carbons (Fsp3) is 0.200. The van der Waals surface area contributed by atoms with E-state index in [0.717, 1.165) is 58.4 Å². The van der Waals surface area contributed by atoms with Gasteiger partial charge < -0.3 is 4.57 Å². The lowest BCUT2D eigenvalue weighted by molar-refractivity contribution is 0.627. The van der Waals surface area contributed by atoms with Gasteiger partial charge in [-0.05, 0) is 46.5 Å². The second kappa shape index (κ2) is 8.70. The van der Waals surface area contributed by atoms with Crippen LogP contribution < -0.4 is 0 Å². The number of H-pyrrole nitrogens is 1. The summed E-state index contributed by atoms with van der Waals surface area (Å²) in [5, 5.41) is 14.4. The summed E-state index contributed by atoms with van der Waals surface area (Å²) in [4.78, 5) is 4.77. The van der Waals surface area contributed by atoms with E-state index in [1.165, 1.54) is 6.07 Å². The van der Waals surface area contributed by atoms with Gasteiger partial charge in [0.25, 0.3) is 0 Å². The molecule has 0 aliphatic rings. The minimum absolute atomic E-state index is 0.242. The van der Waals surface area contributed by atoms with Crippen LogP contribution >= 0.6 is 0 Å². The van der Waals surface area contributed by atoms with Crippen LogP contribution in [0.25, 0.3) is 33.5 Å². The van der Waals surface area contributed by atoms with E-state index in [4.69, 9.17) is 4.98 Å². The zero-order valence-corrected chi connectivity index (χ0v) is 17.8. The standard InChI is InChI=1S/C25H23FN6/c1-2-3-8-24-27-22-14-13-19(26)15-23(22)32(24)16-17-9-11-18(12-10-17)20-6-4-5-7-21(20)25-28-30-31-29-25/h4-7,9-15H,2-3,8,16H2,1H3,(H,28,29,30,31). The minimum Gasteiger partial charge on any atom is -0.323 e. The van der Waals surface area contributed by atoms with Crippen LogP contribution in [0.4, 0.5) is 4.39 Å². The number of tetrazole rings is 1. The summed E-state index contributed by atoms with van der Waals surface area (Å²) in [5.74, 6) is 1.32. The molecule has 160 valence electrons. The number of fused-ring (bicyclic) bond motifs is 1. The molecule has 1 N–H and O–H groups in total. The molecular weight excluding hydrogens is 403 g/mol. The number of hydrogen-bond donors (Lipinski definition) is 1. The van der Waals surface area contributed by atoms with Crippen LogP contribution in [0.15, 0.2) is 66.7 Å². The van der Waals surface area contributed by atoms with Crippen molar-refractivity contribution in [3.8, 4) is 22.5 Å². The van der Waals surface area contributed by atoms with Gasteiger partial charge in [0.15, 0.2) is 0 Å². The molecule has 0 bridgehead atoms. The van der Waals surface area contributed by atoms with Crippen LogP contribution in [0.3, 0.4) is 0 Å². The van der Waals surface area contributed by atoms with Crippen molar-refractivity contribution in [3.63, 3.8) is 0 Å². The van der Waals surface area contributed by atoms with E-state index in [-0.39, 0.29) is 5.82 Å². The Labute approximate surface area is 185 Å². The molecule has 0 aliphatic heterocycles. The number of aryl methyl sites for hydroxylation is 1. The molecule has 0 aliphatic carbocycles. The molecule has 0 radical (unpaired) electrons. The van der Waals surface area contributed by atoms with Crippen LogP contribution in [0.1, 0.15) is 31.2 Å². The average molecular weight is 426 g/mol. The van der Waals surface area contributed by atoms with Crippen LogP contribution in [-0.4, -0.2) is 30.2 Å². The van der Waals surface area contributed by atoms with Gasteiger partial charge in [-0.1, -0.05) is 61.9 Å². The molecule has 0 amide bonds. The molecule has 0 saturated heterocycles. The van der Waals surface area contributed by atoms with Crippen LogP contribution in [0.2, 0.25) is 0 Å². The smallest absolute Gasteiger partial charge is 0.205 e. The number of unbranched alkanes of at least 4 members (excludes halogenated alkanes) is 1. The second-order valence-electron chi connectivity index (χ2n) is 7.83. The number of benzene rings is 3. The Bertz CT molecular complexity index is 1340. The number of hydrogen-bond acceptors (Lipinski definition) is 4. The van der Waals surface area contributed by atoms with E-state index in [1.54, 1.807) is 12.1 Å². The molecule has 0 saturated carbocycles. The van der Waals surface area contributed by atoms with Crippen molar-refractivity contribution in [3.05, 3.63) is 83.9 Å². The Kier molecular flexibility index (Phi) is 5.46. The van der Waals surface area contributed by atoms with Gasteiger partial charge in [-0.25, -0.2) is 9.37 Å². The first-order chi connectivity index (χ1) is 15.7.